The highest BCUT2D eigenvalue weighted by atomic mass is 32.2. The minimum absolute atomic E-state index is 0.254. The van der Waals surface area contributed by atoms with E-state index in [1.54, 1.807) is 26.0 Å². The largest absolute Gasteiger partial charge is 0.348 e. The van der Waals surface area contributed by atoms with Gasteiger partial charge in [0.05, 0.1) is 21.4 Å². The molecule has 2 atom stereocenters. The third-order valence-electron chi connectivity index (χ3n) is 6.02. The fourth-order valence-electron chi connectivity index (χ4n) is 4.39. The van der Waals surface area contributed by atoms with Crippen molar-refractivity contribution in [2.75, 3.05) is 11.4 Å². The Labute approximate surface area is 177 Å². The van der Waals surface area contributed by atoms with Crippen LogP contribution in [0.15, 0.2) is 58.4 Å². The molecule has 158 valence electrons. The van der Waals surface area contributed by atoms with E-state index >= 15 is 0 Å². The van der Waals surface area contributed by atoms with Crippen molar-refractivity contribution in [3.8, 4) is 11.1 Å². The van der Waals surface area contributed by atoms with Crippen molar-refractivity contribution in [2.45, 2.75) is 55.3 Å². The number of anilines is 1. The maximum absolute atomic E-state index is 12.8. The highest BCUT2D eigenvalue weighted by Crippen LogP contribution is 2.41. The lowest BCUT2D eigenvalue weighted by molar-refractivity contribution is 0.247. The van der Waals surface area contributed by atoms with Crippen molar-refractivity contribution in [3.63, 3.8) is 0 Å². The number of sulfone groups is 1. The van der Waals surface area contributed by atoms with E-state index in [2.05, 4.69) is 17.2 Å². The fourth-order valence-corrected chi connectivity index (χ4v) is 5.45. The van der Waals surface area contributed by atoms with Gasteiger partial charge in [0.1, 0.15) is 0 Å². The molecular formula is C23H27N3O3S. The minimum Gasteiger partial charge on any atom is -0.314 e. The molecule has 2 heterocycles. The maximum atomic E-state index is 12.8. The molecule has 1 spiro atoms. The summed E-state index contributed by atoms with van der Waals surface area (Å²) in [6.07, 6.45) is 3.40. The summed E-state index contributed by atoms with van der Waals surface area (Å²) in [6.45, 7) is 6.30. The van der Waals surface area contributed by atoms with E-state index in [0.29, 0.717) is 4.90 Å². The molecule has 4 rings (SSSR count). The van der Waals surface area contributed by atoms with Crippen LogP contribution in [0.1, 0.15) is 33.6 Å². The zero-order valence-corrected chi connectivity index (χ0v) is 18.3. The van der Waals surface area contributed by atoms with Gasteiger partial charge in [-0.15, -0.1) is 0 Å². The molecule has 1 saturated heterocycles. The van der Waals surface area contributed by atoms with Crippen LogP contribution < -0.4 is 10.2 Å². The molecule has 0 aromatic heterocycles. The Morgan fingerprint density at radius 1 is 1.13 bits per heavy atom. The first-order chi connectivity index (χ1) is 14.2. The molecule has 0 radical (unpaired) electrons. The molecule has 2 aliphatic heterocycles. The summed E-state index contributed by atoms with van der Waals surface area (Å²) in [6, 6.07) is 14.7. The van der Waals surface area contributed by atoms with Crippen LogP contribution in [0.2, 0.25) is 0 Å². The Morgan fingerprint density at radius 2 is 1.83 bits per heavy atom. The molecule has 2 amide bonds. The Morgan fingerprint density at radius 3 is 2.50 bits per heavy atom. The average Bonchev–Trinajstić information content (AvgIpc) is 3.03. The van der Waals surface area contributed by atoms with Crippen molar-refractivity contribution in [1.29, 1.82) is 0 Å². The second-order valence-corrected chi connectivity index (χ2v) is 10.9. The number of carbonyl (C=O) groups excluding carboxylic acids is 1. The van der Waals surface area contributed by atoms with Crippen molar-refractivity contribution >= 4 is 27.8 Å². The second kappa shape index (κ2) is 7.63. The van der Waals surface area contributed by atoms with Crippen molar-refractivity contribution in [2.24, 2.45) is 4.99 Å². The number of carbonyl (C=O) groups is 1. The molecule has 30 heavy (non-hydrogen) atoms. The Hall–Kier alpha value is -2.51. The monoisotopic (exact) mass is 425 g/mol. The van der Waals surface area contributed by atoms with Crippen LogP contribution in [0.25, 0.3) is 11.1 Å². The topological polar surface area (TPSA) is 78.8 Å². The second-order valence-electron chi connectivity index (χ2n) is 8.42. The molecule has 2 unspecified atom stereocenters. The highest BCUT2D eigenvalue weighted by molar-refractivity contribution is 7.92. The molecule has 7 heteroatoms. The highest BCUT2D eigenvalue weighted by Gasteiger charge is 2.46. The van der Waals surface area contributed by atoms with Gasteiger partial charge in [0.2, 0.25) is 0 Å². The zero-order valence-electron chi connectivity index (χ0n) is 17.5. The number of benzene rings is 2. The number of hydrogen-bond donors (Lipinski definition) is 1. The van der Waals surface area contributed by atoms with Gasteiger partial charge in [0, 0.05) is 17.8 Å². The van der Waals surface area contributed by atoms with Gasteiger partial charge in [-0.05, 0) is 63.9 Å². The fraction of sp³-hybridized carbons (Fsp3) is 0.391. The number of amides is 2. The molecule has 2 aliphatic rings. The Balaban J connectivity index is 1.76. The van der Waals surface area contributed by atoms with E-state index in [9.17, 15) is 13.2 Å². The summed E-state index contributed by atoms with van der Waals surface area (Å²) in [4.78, 5) is 19.1. The van der Waals surface area contributed by atoms with Gasteiger partial charge in [-0.2, -0.15) is 0 Å². The number of aliphatic imine (C=N–C) groups is 1. The quantitative estimate of drug-likeness (QED) is 0.801. The van der Waals surface area contributed by atoms with Gasteiger partial charge >= 0.3 is 6.03 Å². The third kappa shape index (κ3) is 3.46. The van der Waals surface area contributed by atoms with Crippen molar-refractivity contribution < 1.29 is 13.2 Å². The van der Waals surface area contributed by atoms with Crippen LogP contribution in [0.5, 0.6) is 0 Å². The summed E-state index contributed by atoms with van der Waals surface area (Å²) in [5, 5.41) is 2.96. The van der Waals surface area contributed by atoms with Crippen molar-refractivity contribution in [3.05, 3.63) is 48.5 Å². The van der Waals surface area contributed by atoms with E-state index < -0.39 is 20.6 Å². The first-order valence-electron chi connectivity index (χ1n) is 10.3. The molecular weight excluding hydrogens is 398 g/mol. The average molecular weight is 426 g/mol. The molecule has 2 aromatic rings. The first-order valence-corrected chi connectivity index (χ1v) is 11.9. The lowest BCUT2D eigenvalue weighted by Gasteiger charge is -2.42. The van der Waals surface area contributed by atoms with Crippen LogP contribution in [-0.4, -0.2) is 44.0 Å². The van der Waals surface area contributed by atoms with E-state index in [1.807, 2.05) is 47.5 Å². The SMILES string of the molecule is CC1CC2(C=NC(=O)N2c2ccccc2-c2ccc(S(=O)(=O)C(C)C)cc2)CCN1. The number of para-hydroxylation sites is 1. The number of nitrogens with zero attached hydrogens (tertiary/aromatic N) is 2. The van der Waals surface area contributed by atoms with E-state index in [1.165, 1.54) is 0 Å². The first kappa shape index (κ1) is 20.8. The maximum Gasteiger partial charge on any atom is 0.348 e. The van der Waals surface area contributed by atoms with Gasteiger partial charge < -0.3 is 5.32 Å². The smallest absolute Gasteiger partial charge is 0.314 e. The predicted octanol–water partition coefficient (Wildman–Crippen LogP) is 4.06. The van der Waals surface area contributed by atoms with E-state index in [4.69, 9.17) is 0 Å². The normalized spacial score (nSPS) is 24.2. The third-order valence-corrected chi connectivity index (χ3v) is 8.19. The summed E-state index contributed by atoms with van der Waals surface area (Å²) >= 11 is 0. The van der Waals surface area contributed by atoms with Crippen LogP contribution in [0, 0.1) is 0 Å². The van der Waals surface area contributed by atoms with Gasteiger partial charge in [-0.3, -0.25) is 4.90 Å². The standard InChI is InChI=1S/C23H27N3O3S/c1-16(2)30(28,29)19-10-8-18(9-11-19)20-6-4-5-7-21(20)26-22(27)25-15-23(26)12-13-24-17(3)14-23/h4-11,15-17,24H,12-14H2,1-3H3. The number of hydrogen-bond acceptors (Lipinski definition) is 4. The summed E-state index contributed by atoms with van der Waals surface area (Å²) < 4.78 is 24.9. The van der Waals surface area contributed by atoms with Gasteiger partial charge in [-0.25, -0.2) is 18.2 Å². The summed E-state index contributed by atoms with van der Waals surface area (Å²) in [5.74, 6) is 0. The number of nitrogens with one attached hydrogen (secondary N) is 1. The number of piperidine rings is 1. The van der Waals surface area contributed by atoms with Crippen LogP contribution >= 0.6 is 0 Å². The molecule has 1 fully saturated rings. The molecule has 0 aliphatic carbocycles. The van der Waals surface area contributed by atoms with E-state index in [0.717, 1.165) is 36.2 Å². The zero-order chi connectivity index (χ0) is 21.5. The predicted molar refractivity (Wildman–Crippen MR) is 120 cm³/mol. The Bertz CT molecular complexity index is 1090. The molecule has 0 saturated carbocycles. The molecule has 2 aromatic carbocycles. The van der Waals surface area contributed by atoms with Gasteiger partial charge in [-0.1, -0.05) is 30.3 Å². The van der Waals surface area contributed by atoms with E-state index in [-0.39, 0.29) is 12.1 Å². The Kier molecular flexibility index (Phi) is 5.28. The summed E-state index contributed by atoms with van der Waals surface area (Å²) in [7, 11) is -3.33. The molecule has 6 nitrogen and oxygen atoms in total. The van der Waals surface area contributed by atoms with Gasteiger partial charge in [0.15, 0.2) is 9.84 Å². The lowest BCUT2D eigenvalue weighted by Crippen LogP contribution is -2.57. The number of rotatable bonds is 4. The van der Waals surface area contributed by atoms with Crippen LogP contribution in [0.3, 0.4) is 0 Å². The van der Waals surface area contributed by atoms with Gasteiger partial charge in [0.25, 0.3) is 0 Å². The van der Waals surface area contributed by atoms with Crippen molar-refractivity contribution in [1.82, 2.24) is 5.32 Å². The minimum atomic E-state index is -3.33. The summed E-state index contributed by atoms with van der Waals surface area (Å²) in [5.41, 5.74) is 2.12. The molecule has 1 N–H and O–H groups in total. The number of urea groups is 1. The van der Waals surface area contributed by atoms with Crippen LogP contribution in [0.4, 0.5) is 10.5 Å². The van der Waals surface area contributed by atoms with Crippen LogP contribution in [-0.2, 0) is 9.84 Å². The molecule has 0 bridgehead atoms. The lowest BCUT2D eigenvalue weighted by atomic mass is 9.84.